The number of aromatic nitrogens is 3. The van der Waals surface area contributed by atoms with Gasteiger partial charge in [-0.25, -0.2) is 9.29 Å². The van der Waals surface area contributed by atoms with Crippen LogP contribution in [-0.4, -0.2) is 44.0 Å². The van der Waals surface area contributed by atoms with Crippen LogP contribution in [0.25, 0.3) is 0 Å². The van der Waals surface area contributed by atoms with Gasteiger partial charge < -0.3 is 19.4 Å². The van der Waals surface area contributed by atoms with Gasteiger partial charge in [0.05, 0.1) is 0 Å². The maximum atomic E-state index is 13.1. The number of nitrogens with one attached hydrogen (secondary N) is 1. The quantitative estimate of drug-likeness (QED) is 0.549. The third kappa shape index (κ3) is 4.50. The van der Waals surface area contributed by atoms with Crippen LogP contribution in [0.1, 0.15) is 40.3 Å². The molecule has 0 atom stereocenters. The van der Waals surface area contributed by atoms with Crippen molar-refractivity contribution in [2.75, 3.05) is 24.5 Å². The molecule has 3 aromatic rings. The highest BCUT2D eigenvalue weighted by atomic mass is 32.2. The summed E-state index contributed by atoms with van der Waals surface area (Å²) in [6.45, 7) is 6.66. The van der Waals surface area contributed by atoms with E-state index in [2.05, 4.69) is 19.5 Å². The van der Waals surface area contributed by atoms with E-state index in [4.69, 9.17) is 0 Å². The SMILES string of the molecule is Cc1c(SN2CCn3c(cccc3=O)C2)cc(C(=O)NCc2cccnc2N2CCCC2)n1C. The lowest BCUT2D eigenvalue weighted by atomic mass is 10.2. The standard InChI is InChI=1S/C25H30N6O2S/c1-18-22(34-30-13-14-31-20(17-30)8-5-9-23(31)32)15-21(28(18)2)25(33)27-16-19-7-6-10-26-24(19)29-11-3-4-12-29/h5-10,15H,3-4,11-14,16-17H2,1-2H3,(H,27,33). The number of carbonyl (C=O) groups excluding carboxylic acids is 1. The molecule has 5 rings (SSSR count). The van der Waals surface area contributed by atoms with Gasteiger partial charge in [-0.15, -0.1) is 0 Å². The Balaban J connectivity index is 1.27. The van der Waals surface area contributed by atoms with Crippen LogP contribution in [0.15, 0.2) is 52.3 Å². The molecular weight excluding hydrogens is 448 g/mol. The molecule has 1 saturated heterocycles. The lowest BCUT2D eigenvalue weighted by Gasteiger charge is -2.28. The first-order valence-corrected chi connectivity index (χ1v) is 12.5. The molecule has 0 radical (unpaired) electrons. The van der Waals surface area contributed by atoms with Crippen molar-refractivity contribution in [2.45, 2.75) is 44.3 Å². The Morgan fingerprint density at radius 2 is 1.94 bits per heavy atom. The van der Waals surface area contributed by atoms with Crippen LogP contribution in [0.5, 0.6) is 0 Å². The summed E-state index contributed by atoms with van der Waals surface area (Å²) in [5, 5.41) is 3.10. The number of nitrogens with zero attached hydrogens (tertiary/aromatic N) is 5. The lowest BCUT2D eigenvalue weighted by molar-refractivity contribution is 0.0942. The van der Waals surface area contributed by atoms with Gasteiger partial charge in [0.1, 0.15) is 11.5 Å². The third-order valence-corrected chi connectivity index (χ3v) is 7.89. The van der Waals surface area contributed by atoms with E-state index < -0.39 is 0 Å². The van der Waals surface area contributed by atoms with E-state index in [9.17, 15) is 9.59 Å². The minimum Gasteiger partial charge on any atom is -0.356 e. The normalized spacial score (nSPS) is 16.0. The molecule has 0 saturated carbocycles. The fourth-order valence-electron chi connectivity index (χ4n) is 4.67. The average Bonchev–Trinajstić information content (AvgIpc) is 3.48. The molecule has 0 bridgehead atoms. The number of carbonyl (C=O) groups is 1. The Kier molecular flexibility index (Phi) is 6.47. The van der Waals surface area contributed by atoms with Gasteiger partial charge in [-0.05, 0) is 49.9 Å². The summed E-state index contributed by atoms with van der Waals surface area (Å²) in [5.74, 6) is 0.883. The van der Waals surface area contributed by atoms with Gasteiger partial charge in [0, 0.05) is 80.4 Å². The first-order valence-electron chi connectivity index (χ1n) is 11.8. The van der Waals surface area contributed by atoms with Crippen LogP contribution in [0.2, 0.25) is 0 Å². The molecule has 3 aromatic heterocycles. The molecule has 178 valence electrons. The third-order valence-electron chi connectivity index (χ3n) is 6.71. The fourth-order valence-corrected chi connectivity index (χ4v) is 5.75. The highest BCUT2D eigenvalue weighted by molar-refractivity contribution is 7.97. The number of hydrogen-bond acceptors (Lipinski definition) is 6. The summed E-state index contributed by atoms with van der Waals surface area (Å²) in [6, 6.07) is 11.4. The maximum absolute atomic E-state index is 13.1. The first-order chi connectivity index (χ1) is 16.5. The Morgan fingerprint density at radius 1 is 1.12 bits per heavy atom. The van der Waals surface area contributed by atoms with E-state index in [-0.39, 0.29) is 11.5 Å². The highest BCUT2D eigenvalue weighted by Crippen LogP contribution is 2.31. The largest absolute Gasteiger partial charge is 0.356 e. The molecular formula is C25H30N6O2S. The maximum Gasteiger partial charge on any atom is 0.268 e. The molecule has 5 heterocycles. The van der Waals surface area contributed by atoms with Crippen LogP contribution < -0.4 is 15.8 Å². The molecule has 0 unspecified atom stereocenters. The Bertz CT molecular complexity index is 1260. The van der Waals surface area contributed by atoms with Crippen LogP contribution in [0.4, 0.5) is 5.82 Å². The number of rotatable bonds is 6. The monoisotopic (exact) mass is 478 g/mol. The summed E-state index contributed by atoms with van der Waals surface area (Å²) in [4.78, 5) is 33.1. The van der Waals surface area contributed by atoms with Crippen molar-refractivity contribution in [3.8, 4) is 0 Å². The number of pyridine rings is 2. The predicted octanol–water partition coefficient (Wildman–Crippen LogP) is 2.94. The number of fused-ring (bicyclic) bond motifs is 1. The highest BCUT2D eigenvalue weighted by Gasteiger charge is 2.22. The van der Waals surface area contributed by atoms with E-state index >= 15 is 0 Å². The number of anilines is 1. The second kappa shape index (κ2) is 9.68. The van der Waals surface area contributed by atoms with Crippen molar-refractivity contribution in [3.63, 3.8) is 0 Å². The predicted molar refractivity (Wildman–Crippen MR) is 134 cm³/mol. The zero-order valence-electron chi connectivity index (χ0n) is 19.7. The molecule has 0 aliphatic carbocycles. The van der Waals surface area contributed by atoms with Crippen molar-refractivity contribution in [3.05, 3.63) is 75.6 Å². The lowest BCUT2D eigenvalue weighted by Crippen LogP contribution is -2.35. The van der Waals surface area contributed by atoms with Gasteiger partial charge in [-0.3, -0.25) is 9.59 Å². The Labute approximate surface area is 203 Å². The van der Waals surface area contributed by atoms with Crippen LogP contribution in [0.3, 0.4) is 0 Å². The van der Waals surface area contributed by atoms with Crippen LogP contribution in [-0.2, 0) is 26.7 Å². The minimum absolute atomic E-state index is 0.0542. The second-order valence-corrected chi connectivity index (χ2v) is 10.0. The molecule has 9 heteroatoms. The van der Waals surface area contributed by atoms with E-state index in [0.29, 0.717) is 25.3 Å². The summed E-state index contributed by atoms with van der Waals surface area (Å²) >= 11 is 1.65. The van der Waals surface area contributed by atoms with Crippen molar-refractivity contribution < 1.29 is 4.79 Å². The average molecular weight is 479 g/mol. The van der Waals surface area contributed by atoms with E-state index in [1.165, 1.54) is 12.8 Å². The Morgan fingerprint density at radius 3 is 2.76 bits per heavy atom. The smallest absolute Gasteiger partial charge is 0.268 e. The van der Waals surface area contributed by atoms with Crippen molar-refractivity contribution in [1.82, 2.24) is 23.7 Å². The van der Waals surface area contributed by atoms with Crippen molar-refractivity contribution in [1.29, 1.82) is 0 Å². The van der Waals surface area contributed by atoms with Gasteiger partial charge in [-0.2, -0.15) is 0 Å². The molecule has 8 nitrogen and oxygen atoms in total. The molecule has 1 amide bonds. The summed E-state index contributed by atoms with van der Waals surface area (Å²) in [7, 11) is 1.93. The molecule has 0 aromatic carbocycles. The van der Waals surface area contributed by atoms with Gasteiger partial charge in [0.25, 0.3) is 11.5 Å². The minimum atomic E-state index is -0.0933. The zero-order chi connectivity index (χ0) is 23.7. The topological polar surface area (TPSA) is 75.4 Å². The first kappa shape index (κ1) is 22.7. The second-order valence-electron chi connectivity index (χ2n) is 8.86. The van der Waals surface area contributed by atoms with Crippen molar-refractivity contribution >= 4 is 23.7 Å². The fraction of sp³-hybridized carbons (Fsp3) is 0.400. The molecule has 0 spiro atoms. The molecule has 34 heavy (non-hydrogen) atoms. The molecule has 1 fully saturated rings. The number of amides is 1. The number of hydrogen-bond donors (Lipinski definition) is 1. The molecule has 1 N–H and O–H groups in total. The summed E-state index contributed by atoms with van der Waals surface area (Å²) < 4.78 is 6.03. The van der Waals surface area contributed by atoms with Gasteiger partial charge >= 0.3 is 0 Å². The van der Waals surface area contributed by atoms with Gasteiger partial charge in [-0.1, -0.05) is 12.1 Å². The Hall–Kier alpha value is -3.04. The van der Waals surface area contributed by atoms with Crippen molar-refractivity contribution in [2.24, 2.45) is 7.05 Å². The van der Waals surface area contributed by atoms with Crippen LogP contribution >= 0.6 is 11.9 Å². The van der Waals surface area contributed by atoms with E-state index in [0.717, 1.165) is 47.3 Å². The van der Waals surface area contributed by atoms with Gasteiger partial charge in [0.15, 0.2) is 0 Å². The molecule has 2 aliphatic heterocycles. The molecule has 2 aliphatic rings. The van der Waals surface area contributed by atoms with E-state index in [1.807, 2.05) is 59.6 Å². The van der Waals surface area contributed by atoms with Crippen LogP contribution in [0, 0.1) is 6.92 Å². The summed E-state index contributed by atoms with van der Waals surface area (Å²) in [6.07, 6.45) is 4.19. The van der Waals surface area contributed by atoms with E-state index in [1.54, 1.807) is 18.0 Å². The van der Waals surface area contributed by atoms with Gasteiger partial charge in [0.2, 0.25) is 0 Å². The zero-order valence-corrected chi connectivity index (χ0v) is 20.5. The summed E-state index contributed by atoms with van der Waals surface area (Å²) in [5.41, 5.74) is 3.80.